The number of carboxylic acid groups (broad SMARTS) is 1. The van der Waals surface area contributed by atoms with Crippen LogP contribution in [0.3, 0.4) is 0 Å². The van der Waals surface area contributed by atoms with Crippen LogP contribution in [0.5, 0.6) is 0 Å². The summed E-state index contributed by atoms with van der Waals surface area (Å²) in [7, 11) is 0. The van der Waals surface area contributed by atoms with E-state index in [0.717, 1.165) is 12.8 Å². The molecular weight excluding hydrogens is 311 g/mol. The van der Waals surface area contributed by atoms with Crippen LogP contribution in [0.25, 0.3) is 0 Å². The van der Waals surface area contributed by atoms with Crippen LogP contribution in [0.2, 0.25) is 0 Å². The van der Waals surface area contributed by atoms with Crippen molar-refractivity contribution in [3.63, 3.8) is 0 Å². The van der Waals surface area contributed by atoms with Crippen LogP contribution in [0.4, 0.5) is 10.1 Å². The van der Waals surface area contributed by atoms with Crippen molar-refractivity contribution in [3.05, 3.63) is 29.6 Å². The number of carbonyl (C=O) groups is 2. The molecule has 122 valence electrons. The van der Waals surface area contributed by atoms with Gasteiger partial charge in [0.15, 0.2) is 0 Å². The van der Waals surface area contributed by atoms with Gasteiger partial charge >= 0.3 is 5.97 Å². The van der Waals surface area contributed by atoms with Gasteiger partial charge in [0.2, 0.25) is 5.91 Å². The molecule has 7 heteroatoms. The first-order valence-corrected chi connectivity index (χ1v) is 7.00. The van der Waals surface area contributed by atoms with E-state index in [2.05, 4.69) is 5.32 Å². The molecule has 0 bridgehead atoms. The van der Waals surface area contributed by atoms with Crippen LogP contribution in [-0.2, 0) is 9.59 Å². The van der Waals surface area contributed by atoms with Crippen LogP contribution in [0.1, 0.15) is 24.8 Å². The summed E-state index contributed by atoms with van der Waals surface area (Å²) in [5.74, 6) is -1.61. The number of nitrogens with zero attached hydrogens (tertiary/aromatic N) is 1. The van der Waals surface area contributed by atoms with Gasteiger partial charge in [-0.2, -0.15) is 0 Å². The smallest absolute Gasteiger partial charge is 0.320 e. The number of carboxylic acids is 1. The van der Waals surface area contributed by atoms with Crippen LogP contribution < -0.4 is 5.32 Å². The summed E-state index contributed by atoms with van der Waals surface area (Å²) in [6.45, 7) is 2.24. The molecule has 1 amide bonds. The maximum absolute atomic E-state index is 13.4. The molecule has 1 aromatic rings. The third-order valence-electron chi connectivity index (χ3n) is 3.70. The molecule has 22 heavy (non-hydrogen) atoms. The van der Waals surface area contributed by atoms with Gasteiger partial charge in [-0.1, -0.05) is 12.5 Å². The van der Waals surface area contributed by atoms with Crippen molar-refractivity contribution in [1.29, 1.82) is 0 Å². The summed E-state index contributed by atoms with van der Waals surface area (Å²) in [6, 6.07) is 3.87. The summed E-state index contributed by atoms with van der Waals surface area (Å²) in [6.07, 6.45) is 2.30. The molecule has 1 aliphatic heterocycles. The third-order valence-corrected chi connectivity index (χ3v) is 3.70. The molecule has 1 saturated heterocycles. The van der Waals surface area contributed by atoms with Gasteiger partial charge < -0.3 is 10.4 Å². The molecule has 0 aromatic heterocycles. The Labute approximate surface area is 134 Å². The quantitative estimate of drug-likeness (QED) is 0.889. The van der Waals surface area contributed by atoms with Crippen molar-refractivity contribution in [2.75, 3.05) is 18.4 Å². The summed E-state index contributed by atoms with van der Waals surface area (Å²) < 4.78 is 13.4. The zero-order valence-corrected chi connectivity index (χ0v) is 13.2. The molecule has 0 aliphatic carbocycles. The predicted molar refractivity (Wildman–Crippen MR) is 83.9 cm³/mol. The number of aliphatic carboxylic acids is 1. The second-order valence-electron chi connectivity index (χ2n) is 5.33. The monoisotopic (exact) mass is 330 g/mol. The predicted octanol–water partition coefficient (Wildman–Crippen LogP) is 2.43. The lowest BCUT2D eigenvalue weighted by atomic mass is 10.0. The number of benzene rings is 1. The van der Waals surface area contributed by atoms with E-state index >= 15 is 0 Å². The second kappa shape index (κ2) is 8.10. The van der Waals surface area contributed by atoms with Gasteiger partial charge in [-0.25, -0.2) is 4.39 Å². The average Bonchev–Trinajstić information content (AvgIpc) is 2.43. The number of aryl methyl sites for hydroxylation is 1. The maximum Gasteiger partial charge on any atom is 0.320 e. The van der Waals surface area contributed by atoms with E-state index in [1.54, 1.807) is 24.0 Å². The Balaban J connectivity index is 0.00000242. The molecule has 1 fully saturated rings. The first-order valence-electron chi connectivity index (χ1n) is 7.00. The minimum atomic E-state index is -0.899. The Morgan fingerprint density at radius 2 is 2.14 bits per heavy atom. The SMILES string of the molecule is Cc1ccc(NC(=O)CN2CCCCC2C(=O)O)cc1F.Cl. The van der Waals surface area contributed by atoms with Gasteiger partial charge in [0.25, 0.3) is 0 Å². The third kappa shape index (κ3) is 4.68. The average molecular weight is 331 g/mol. The number of carbonyl (C=O) groups excluding carboxylic acids is 1. The van der Waals surface area contributed by atoms with Crippen molar-refractivity contribution in [2.45, 2.75) is 32.2 Å². The Hall–Kier alpha value is -1.66. The van der Waals surface area contributed by atoms with E-state index in [4.69, 9.17) is 5.11 Å². The van der Waals surface area contributed by atoms with Gasteiger partial charge in [-0.3, -0.25) is 14.5 Å². The number of rotatable bonds is 4. The van der Waals surface area contributed by atoms with Gasteiger partial charge in [-0.15, -0.1) is 12.4 Å². The molecule has 1 heterocycles. The lowest BCUT2D eigenvalue weighted by molar-refractivity contribution is -0.145. The number of likely N-dealkylation sites (tertiary alicyclic amines) is 1. The number of halogens is 2. The highest BCUT2D eigenvalue weighted by atomic mass is 35.5. The van der Waals surface area contributed by atoms with Gasteiger partial charge in [0, 0.05) is 5.69 Å². The Morgan fingerprint density at radius 3 is 2.77 bits per heavy atom. The fraction of sp³-hybridized carbons (Fsp3) is 0.467. The van der Waals surface area contributed by atoms with E-state index in [0.29, 0.717) is 24.2 Å². The molecule has 0 spiro atoms. The normalized spacial score (nSPS) is 18.4. The van der Waals surface area contributed by atoms with E-state index in [1.165, 1.54) is 6.07 Å². The van der Waals surface area contributed by atoms with Gasteiger partial charge in [0.1, 0.15) is 11.9 Å². The first-order chi connectivity index (χ1) is 9.97. The molecular formula is C15H20ClFN2O3. The zero-order chi connectivity index (χ0) is 15.4. The summed E-state index contributed by atoms with van der Waals surface area (Å²) >= 11 is 0. The zero-order valence-electron chi connectivity index (χ0n) is 12.3. The van der Waals surface area contributed by atoms with Crippen LogP contribution in [0, 0.1) is 12.7 Å². The minimum absolute atomic E-state index is 0. The Morgan fingerprint density at radius 1 is 1.41 bits per heavy atom. The lowest BCUT2D eigenvalue weighted by Gasteiger charge is -2.32. The Kier molecular flexibility index (Phi) is 6.77. The Bertz CT molecular complexity index is 554. The number of hydrogen-bond acceptors (Lipinski definition) is 3. The van der Waals surface area contributed by atoms with Gasteiger partial charge in [-0.05, 0) is 44.0 Å². The van der Waals surface area contributed by atoms with Crippen molar-refractivity contribution in [1.82, 2.24) is 4.90 Å². The standard InChI is InChI=1S/C15H19FN2O3.ClH/c1-10-5-6-11(8-12(10)16)17-14(19)9-18-7-3-2-4-13(18)15(20)21;/h5-6,8,13H,2-4,7,9H2,1H3,(H,17,19)(H,20,21);1H. The highest BCUT2D eigenvalue weighted by molar-refractivity contribution is 5.92. The minimum Gasteiger partial charge on any atom is -0.480 e. The molecule has 5 nitrogen and oxygen atoms in total. The first kappa shape index (κ1) is 18.4. The molecule has 0 radical (unpaired) electrons. The molecule has 0 saturated carbocycles. The summed E-state index contributed by atoms with van der Waals surface area (Å²) in [5, 5.41) is 11.8. The summed E-state index contributed by atoms with van der Waals surface area (Å²) in [4.78, 5) is 24.8. The molecule has 2 N–H and O–H groups in total. The number of anilines is 1. The van der Waals surface area contributed by atoms with Crippen molar-refractivity contribution >= 4 is 30.0 Å². The van der Waals surface area contributed by atoms with E-state index in [9.17, 15) is 14.0 Å². The fourth-order valence-corrected chi connectivity index (χ4v) is 2.52. The highest BCUT2D eigenvalue weighted by Crippen LogP contribution is 2.18. The largest absolute Gasteiger partial charge is 0.480 e. The topological polar surface area (TPSA) is 69.6 Å². The summed E-state index contributed by atoms with van der Waals surface area (Å²) in [5.41, 5.74) is 0.891. The maximum atomic E-state index is 13.4. The molecule has 1 aliphatic rings. The van der Waals surface area contributed by atoms with Crippen molar-refractivity contribution in [2.24, 2.45) is 0 Å². The van der Waals surface area contributed by atoms with E-state index in [-0.39, 0.29) is 30.7 Å². The van der Waals surface area contributed by atoms with Crippen LogP contribution >= 0.6 is 12.4 Å². The fourth-order valence-electron chi connectivity index (χ4n) is 2.52. The molecule has 1 aromatic carbocycles. The molecule has 2 rings (SSSR count). The number of amides is 1. The highest BCUT2D eigenvalue weighted by Gasteiger charge is 2.29. The van der Waals surface area contributed by atoms with Crippen molar-refractivity contribution < 1.29 is 19.1 Å². The number of nitrogens with one attached hydrogen (secondary N) is 1. The van der Waals surface area contributed by atoms with Crippen molar-refractivity contribution in [3.8, 4) is 0 Å². The van der Waals surface area contributed by atoms with E-state index < -0.39 is 12.0 Å². The van der Waals surface area contributed by atoms with E-state index in [1.807, 2.05) is 0 Å². The van der Waals surface area contributed by atoms with Crippen LogP contribution in [0.15, 0.2) is 18.2 Å². The molecule has 1 unspecified atom stereocenters. The number of hydrogen-bond donors (Lipinski definition) is 2. The number of piperidine rings is 1. The second-order valence-corrected chi connectivity index (χ2v) is 5.33. The molecule has 1 atom stereocenters. The van der Waals surface area contributed by atoms with Crippen LogP contribution in [-0.4, -0.2) is 41.0 Å². The van der Waals surface area contributed by atoms with Gasteiger partial charge in [0.05, 0.1) is 6.54 Å². The lowest BCUT2D eigenvalue weighted by Crippen LogP contribution is -2.47.